The standard InChI is InChI=1S/C16H20N2O3/c1-11(17)12-6-7-14(15(9-12)19-2)21-10-13-5-4-8-18-16(13)20-3/h4-9,11H,10,17H2,1-3H3. The molecule has 2 rings (SSSR count). The predicted molar refractivity (Wildman–Crippen MR) is 80.7 cm³/mol. The molecule has 2 N–H and O–H groups in total. The van der Waals surface area contributed by atoms with E-state index in [0.717, 1.165) is 11.1 Å². The predicted octanol–water partition coefficient (Wildman–Crippen LogP) is 2.70. The van der Waals surface area contributed by atoms with Gasteiger partial charge in [-0.05, 0) is 36.8 Å². The van der Waals surface area contributed by atoms with Crippen molar-refractivity contribution < 1.29 is 14.2 Å². The van der Waals surface area contributed by atoms with Crippen LogP contribution in [0.5, 0.6) is 17.4 Å². The van der Waals surface area contributed by atoms with Crippen LogP contribution < -0.4 is 19.9 Å². The fourth-order valence-corrected chi connectivity index (χ4v) is 1.96. The fraction of sp³-hybridized carbons (Fsp3) is 0.312. The third-order valence-electron chi connectivity index (χ3n) is 3.14. The number of rotatable bonds is 6. The quantitative estimate of drug-likeness (QED) is 0.885. The second kappa shape index (κ2) is 6.95. The molecular weight excluding hydrogens is 268 g/mol. The Morgan fingerprint density at radius 2 is 1.95 bits per heavy atom. The van der Waals surface area contributed by atoms with E-state index in [1.807, 2.05) is 37.3 Å². The van der Waals surface area contributed by atoms with Crippen LogP contribution >= 0.6 is 0 Å². The topological polar surface area (TPSA) is 66.6 Å². The number of benzene rings is 1. The highest BCUT2D eigenvalue weighted by atomic mass is 16.5. The number of nitrogens with zero attached hydrogens (tertiary/aromatic N) is 1. The summed E-state index contributed by atoms with van der Waals surface area (Å²) >= 11 is 0. The van der Waals surface area contributed by atoms with E-state index in [9.17, 15) is 0 Å². The van der Waals surface area contributed by atoms with E-state index in [1.165, 1.54) is 0 Å². The summed E-state index contributed by atoms with van der Waals surface area (Å²) in [6.07, 6.45) is 1.68. The third-order valence-corrected chi connectivity index (χ3v) is 3.14. The highest BCUT2D eigenvalue weighted by Gasteiger charge is 2.10. The number of hydrogen-bond acceptors (Lipinski definition) is 5. The molecule has 1 atom stereocenters. The molecule has 0 aliphatic rings. The van der Waals surface area contributed by atoms with Gasteiger partial charge in [0.05, 0.1) is 19.8 Å². The van der Waals surface area contributed by atoms with Crippen LogP contribution in [0.15, 0.2) is 36.5 Å². The summed E-state index contributed by atoms with van der Waals surface area (Å²) in [5.41, 5.74) is 7.74. The molecule has 5 nitrogen and oxygen atoms in total. The summed E-state index contributed by atoms with van der Waals surface area (Å²) in [4.78, 5) is 4.14. The Morgan fingerprint density at radius 1 is 1.14 bits per heavy atom. The Morgan fingerprint density at radius 3 is 2.62 bits per heavy atom. The maximum absolute atomic E-state index is 5.87. The summed E-state index contributed by atoms with van der Waals surface area (Å²) in [6, 6.07) is 9.39. The second-order valence-electron chi connectivity index (χ2n) is 4.66. The van der Waals surface area contributed by atoms with Crippen molar-refractivity contribution in [2.75, 3.05) is 14.2 Å². The first kappa shape index (κ1) is 15.1. The Bertz CT molecular complexity index is 600. The zero-order valence-electron chi connectivity index (χ0n) is 12.5. The van der Waals surface area contributed by atoms with Crippen LogP contribution in [0.3, 0.4) is 0 Å². The smallest absolute Gasteiger partial charge is 0.219 e. The molecule has 0 aliphatic heterocycles. The molecule has 0 saturated heterocycles. The number of pyridine rings is 1. The van der Waals surface area contributed by atoms with Gasteiger partial charge in [-0.2, -0.15) is 0 Å². The molecular formula is C16H20N2O3. The van der Waals surface area contributed by atoms with Crippen molar-refractivity contribution in [3.63, 3.8) is 0 Å². The number of ether oxygens (including phenoxy) is 3. The van der Waals surface area contributed by atoms with Gasteiger partial charge in [-0.3, -0.25) is 0 Å². The minimum Gasteiger partial charge on any atom is -0.493 e. The number of methoxy groups -OCH3 is 2. The first-order valence-corrected chi connectivity index (χ1v) is 6.70. The van der Waals surface area contributed by atoms with Gasteiger partial charge in [0.2, 0.25) is 5.88 Å². The molecule has 1 unspecified atom stereocenters. The summed E-state index contributed by atoms with van der Waals surface area (Å²) in [7, 11) is 3.20. The van der Waals surface area contributed by atoms with Crippen molar-refractivity contribution in [3.8, 4) is 17.4 Å². The summed E-state index contributed by atoms with van der Waals surface area (Å²) in [5.74, 6) is 1.88. The summed E-state index contributed by atoms with van der Waals surface area (Å²) in [5, 5.41) is 0. The lowest BCUT2D eigenvalue weighted by Crippen LogP contribution is -2.06. The van der Waals surface area contributed by atoms with Crippen LogP contribution in [0, 0.1) is 0 Å². The molecule has 0 spiro atoms. The van der Waals surface area contributed by atoms with Crippen LogP contribution in [-0.2, 0) is 6.61 Å². The SMILES string of the molecule is COc1cc(C(C)N)ccc1OCc1cccnc1OC. The maximum atomic E-state index is 5.87. The van der Waals surface area contributed by atoms with E-state index < -0.39 is 0 Å². The molecule has 0 fully saturated rings. The van der Waals surface area contributed by atoms with Crippen LogP contribution in [0.25, 0.3) is 0 Å². The third kappa shape index (κ3) is 3.64. The van der Waals surface area contributed by atoms with Crippen molar-refractivity contribution in [3.05, 3.63) is 47.7 Å². The lowest BCUT2D eigenvalue weighted by atomic mass is 10.1. The average molecular weight is 288 g/mol. The molecule has 112 valence electrons. The molecule has 1 aromatic heterocycles. The van der Waals surface area contributed by atoms with Crippen molar-refractivity contribution >= 4 is 0 Å². The van der Waals surface area contributed by atoms with Gasteiger partial charge in [-0.15, -0.1) is 0 Å². The number of hydrogen-bond donors (Lipinski definition) is 1. The van der Waals surface area contributed by atoms with Crippen LogP contribution in [-0.4, -0.2) is 19.2 Å². The minimum atomic E-state index is -0.0497. The number of nitrogens with two attached hydrogens (primary N) is 1. The van der Waals surface area contributed by atoms with Crippen molar-refractivity contribution in [1.82, 2.24) is 4.98 Å². The van der Waals surface area contributed by atoms with Crippen LogP contribution in [0.2, 0.25) is 0 Å². The minimum absolute atomic E-state index is 0.0497. The van der Waals surface area contributed by atoms with Crippen molar-refractivity contribution in [2.24, 2.45) is 5.73 Å². The van der Waals surface area contributed by atoms with Crippen LogP contribution in [0.4, 0.5) is 0 Å². The van der Waals surface area contributed by atoms with Crippen LogP contribution in [0.1, 0.15) is 24.1 Å². The molecule has 0 bridgehead atoms. The van der Waals surface area contributed by atoms with E-state index in [2.05, 4.69) is 4.98 Å². The zero-order chi connectivity index (χ0) is 15.2. The average Bonchev–Trinajstić information content (AvgIpc) is 2.52. The molecule has 21 heavy (non-hydrogen) atoms. The van der Waals surface area contributed by atoms with Gasteiger partial charge in [0.25, 0.3) is 0 Å². The Balaban J connectivity index is 2.16. The largest absolute Gasteiger partial charge is 0.493 e. The molecule has 0 saturated carbocycles. The van der Waals surface area contributed by atoms with E-state index >= 15 is 0 Å². The van der Waals surface area contributed by atoms with Crippen molar-refractivity contribution in [2.45, 2.75) is 19.6 Å². The molecule has 1 heterocycles. The Hall–Kier alpha value is -2.27. The Kier molecular flexibility index (Phi) is 5.00. The van der Waals surface area contributed by atoms with Gasteiger partial charge in [-0.25, -0.2) is 4.98 Å². The van der Waals surface area contributed by atoms with Gasteiger partial charge < -0.3 is 19.9 Å². The fourth-order valence-electron chi connectivity index (χ4n) is 1.96. The molecule has 2 aromatic rings. The van der Waals surface area contributed by atoms with E-state index in [4.69, 9.17) is 19.9 Å². The summed E-state index contributed by atoms with van der Waals surface area (Å²) < 4.78 is 16.4. The van der Waals surface area contributed by atoms with E-state index in [1.54, 1.807) is 20.4 Å². The van der Waals surface area contributed by atoms with Gasteiger partial charge in [0.15, 0.2) is 11.5 Å². The summed E-state index contributed by atoms with van der Waals surface area (Å²) in [6.45, 7) is 2.28. The Labute approximate surface area is 124 Å². The molecule has 0 radical (unpaired) electrons. The highest BCUT2D eigenvalue weighted by Crippen LogP contribution is 2.31. The molecule has 0 amide bonds. The van der Waals surface area contributed by atoms with E-state index in [0.29, 0.717) is 24.0 Å². The van der Waals surface area contributed by atoms with Gasteiger partial charge in [0, 0.05) is 12.2 Å². The lowest BCUT2D eigenvalue weighted by molar-refractivity contribution is 0.276. The maximum Gasteiger partial charge on any atom is 0.219 e. The monoisotopic (exact) mass is 288 g/mol. The molecule has 0 aliphatic carbocycles. The zero-order valence-corrected chi connectivity index (χ0v) is 12.5. The molecule has 5 heteroatoms. The first-order valence-electron chi connectivity index (χ1n) is 6.70. The second-order valence-corrected chi connectivity index (χ2v) is 4.66. The van der Waals surface area contributed by atoms with Crippen molar-refractivity contribution in [1.29, 1.82) is 0 Å². The highest BCUT2D eigenvalue weighted by molar-refractivity contribution is 5.44. The number of aromatic nitrogens is 1. The first-order chi connectivity index (χ1) is 10.2. The normalized spacial score (nSPS) is 11.8. The lowest BCUT2D eigenvalue weighted by Gasteiger charge is -2.14. The van der Waals surface area contributed by atoms with E-state index in [-0.39, 0.29) is 6.04 Å². The molecule has 1 aromatic carbocycles. The van der Waals surface area contributed by atoms with Gasteiger partial charge in [-0.1, -0.05) is 6.07 Å². The van der Waals surface area contributed by atoms with Gasteiger partial charge >= 0.3 is 0 Å². The van der Waals surface area contributed by atoms with Gasteiger partial charge in [0.1, 0.15) is 6.61 Å².